The zero-order valence-corrected chi connectivity index (χ0v) is 15.9. The van der Waals surface area contributed by atoms with Crippen molar-refractivity contribution < 1.29 is 9.90 Å². The molecule has 140 valence electrons. The summed E-state index contributed by atoms with van der Waals surface area (Å²) in [6.45, 7) is 3.83. The van der Waals surface area contributed by atoms with E-state index in [4.69, 9.17) is 0 Å². The van der Waals surface area contributed by atoms with Crippen molar-refractivity contribution >= 4 is 5.91 Å². The molecule has 0 bridgehead atoms. The van der Waals surface area contributed by atoms with Crippen LogP contribution in [0.25, 0.3) is 0 Å². The Labute approximate surface area is 154 Å². The number of para-hydroxylation sites is 1. The second kappa shape index (κ2) is 7.45. The van der Waals surface area contributed by atoms with Crippen LogP contribution in [0.1, 0.15) is 46.3 Å². The molecule has 1 aliphatic rings. The van der Waals surface area contributed by atoms with E-state index in [1.54, 1.807) is 25.1 Å². The molecule has 7 nitrogen and oxygen atoms in total. The molecule has 3 rings (SSSR count). The Morgan fingerprint density at radius 1 is 1.35 bits per heavy atom. The molecule has 0 radical (unpaired) electrons. The summed E-state index contributed by atoms with van der Waals surface area (Å²) in [5.74, 6) is 1.96. The summed E-state index contributed by atoms with van der Waals surface area (Å²) in [5.41, 5.74) is 1.09. The van der Waals surface area contributed by atoms with Gasteiger partial charge in [-0.15, -0.1) is 10.2 Å². The van der Waals surface area contributed by atoms with Crippen LogP contribution in [0, 0.1) is 6.92 Å². The Bertz CT molecular complexity index is 799. The van der Waals surface area contributed by atoms with Gasteiger partial charge in [-0.2, -0.15) is 0 Å². The lowest BCUT2D eigenvalue weighted by molar-refractivity contribution is 0.0700. The summed E-state index contributed by atoms with van der Waals surface area (Å²) in [4.78, 5) is 16.8. The van der Waals surface area contributed by atoms with Crippen molar-refractivity contribution in [3.63, 3.8) is 0 Å². The van der Waals surface area contributed by atoms with E-state index in [-0.39, 0.29) is 17.6 Å². The van der Waals surface area contributed by atoms with Crippen LogP contribution in [-0.2, 0) is 13.6 Å². The molecule has 1 atom stereocenters. The average Bonchev–Trinajstić information content (AvgIpc) is 2.97. The number of carbonyl (C=O) groups excluding carboxylic acids is 1. The van der Waals surface area contributed by atoms with Gasteiger partial charge in [0.15, 0.2) is 0 Å². The summed E-state index contributed by atoms with van der Waals surface area (Å²) in [7, 11) is 5.99. The van der Waals surface area contributed by atoms with Gasteiger partial charge in [-0.05, 0) is 45.5 Å². The minimum atomic E-state index is -0.119. The van der Waals surface area contributed by atoms with Crippen molar-refractivity contribution in [1.82, 2.24) is 24.6 Å². The van der Waals surface area contributed by atoms with Gasteiger partial charge in [-0.1, -0.05) is 12.1 Å². The smallest absolute Gasteiger partial charge is 0.257 e. The minimum absolute atomic E-state index is 0.0755. The molecule has 0 unspecified atom stereocenters. The van der Waals surface area contributed by atoms with Crippen LogP contribution in [-0.4, -0.2) is 62.8 Å². The molecule has 1 fully saturated rings. The molecule has 1 saturated heterocycles. The van der Waals surface area contributed by atoms with E-state index in [9.17, 15) is 9.90 Å². The molecule has 26 heavy (non-hydrogen) atoms. The first-order valence-corrected chi connectivity index (χ1v) is 8.99. The van der Waals surface area contributed by atoms with Gasteiger partial charge in [-0.3, -0.25) is 4.79 Å². The summed E-state index contributed by atoms with van der Waals surface area (Å²) < 4.78 is 2.04. The Balaban J connectivity index is 1.78. The number of aromatic nitrogens is 3. The zero-order valence-electron chi connectivity index (χ0n) is 15.9. The van der Waals surface area contributed by atoms with Gasteiger partial charge in [0, 0.05) is 26.1 Å². The molecular formula is C19H27N5O2. The molecule has 2 aromatic rings. The number of rotatable bonds is 4. The highest BCUT2D eigenvalue weighted by molar-refractivity contribution is 5.97. The molecular weight excluding hydrogens is 330 g/mol. The number of hydrogen-bond acceptors (Lipinski definition) is 5. The maximum atomic E-state index is 12.9. The fourth-order valence-corrected chi connectivity index (χ4v) is 3.53. The number of piperidine rings is 1. The maximum absolute atomic E-state index is 12.9. The lowest BCUT2D eigenvalue weighted by Crippen LogP contribution is -2.39. The third-order valence-corrected chi connectivity index (χ3v) is 5.00. The lowest BCUT2D eigenvalue weighted by atomic mass is 9.96. The molecule has 1 N–H and O–H groups in total. The predicted molar refractivity (Wildman–Crippen MR) is 99.1 cm³/mol. The van der Waals surface area contributed by atoms with Crippen molar-refractivity contribution in [3.05, 3.63) is 41.0 Å². The van der Waals surface area contributed by atoms with Gasteiger partial charge >= 0.3 is 0 Å². The number of amides is 1. The second-order valence-electron chi connectivity index (χ2n) is 7.33. The highest BCUT2D eigenvalue weighted by atomic mass is 16.3. The Hall–Kier alpha value is -2.41. The first kappa shape index (κ1) is 18.4. The van der Waals surface area contributed by atoms with Crippen LogP contribution < -0.4 is 0 Å². The Kier molecular flexibility index (Phi) is 5.27. The van der Waals surface area contributed by atoms with E-state index in [0.29, 0.717) is 24.2 Å². The average molecular weight is 357 g/mol. The molecule has 2 heterocycles. The molecule has 7 heteroatoms. The number of aryl methyl sites for hydroxylation is 1. The van der Waals surface area contributed by atoms with Crippen molar-refractivity contribution in [2.45, 2.75) is 32.2 Å². The monoisotopic (exact) mass is 357 g/mol. The van der Waals surface area contributed by atoms with E-state index < -0.39 is 0 Å². The number of hydrogen-bond donors (Lipinski definition) is 1. The Morgan fingerprint density at radius 2 is 2.12 bits per heavy atom. The number of phenolic OH excluding ortho intramolecular Hbond substituents is 1. The van der Waals surface area contributed by atoms with E-state index in [1.807, 2.05) is 30.6 Å². The first-order chi connectivity index (χ1) is 12.4. The van der Waals surface area contributed by atoms with E-state index in [1.165, 1.54) is 0 Å². The van der Waals surface area contributed by atoms with Crippen molar-refractivity contribution in [3.8, 4) is 5.75 Å². The van der Waals surface area contributed by atoms with Crippen LogP contribution in [0.15, 0.2) is 18.2 Å². The minimum Gasteiger partial charge on any atom is -0.507 e. The van der Waals surface area contributed by atoms with Gasteiger partial charge in [0.1, 0.15) is 17.4 Å². The molecule has 1 aromatic heterocycles. The number of likely N-dealkylation sites (tertiary alicyclic amines) is 1. The standard InChI is InChI=1S/C19H27N5O2/c1-13-7-5-9-15(17(13)25)19(26)24-10-6-8-14(11-24)18-21-20-16(23(18)4)12-22(2)3/h5,7,9,14,25H,6,8,10-12H2,1-4H3/t14-/m1/s1. The highest BCUT2D eigenvalue weighted by Gasteiger charge is 2.30. The van der Waals surface area contributed by atoms with Gasteiger partial charge in [0.2, 0.25) is 0 Å². The number of nitrogens with zero attached hydrogens (tertiary/aromatic N) is 5. The van der Waals surface area contributed by atoms with Crippen molar-refractivity contribution in [1.29, 1.82) is 0 Å². The van der Waals surface area contributed by atoms with Gasteiger partial charge < -0.3 is 19.5 Å². The number of phenols is 1. The number of carbonyl (C=O) groups is 1. The fraction of sp³-hybridized carbons (Fsp3) is 0.526. The van der Waals surface area contributed by atoms with Crippen molar-refractivity contribution in [2.75, 3.05) is 27.2 Å². The van der Waals surface area contributed by atoms with Crippen LogP contribution in [0.2, 0.25) is 0 Å². The molecule has 0 saturated carbocycles. The molecule has 1 aromatic carbocycles. The molecule has 1 aliphatic heterocycles. The van der Waals surface area contributed by atoms with E-state index in [0.717, 1.165) is 31.0 Å². The third kappa shape index (κ3) is 3.58. The predicted octanol–water partition coefficient (Wildman–Crippen LogP) is 1.91. The van der Waals surface area contributed by atoms with Crippen LogP contribution >= 0.6 is 0 Å². The second-order valence-corrected chi connectivity index (χ2v) is 7.33. The zero-order chi connectivity index (χ0) is 18.8. The van der Waals surface area contributed by atoms with Crippen molar-refractivity contribution in [2.24, 2.45) is 7.05 Å². The number of aromatic hydroxyl groups is 1. The SMILES string of the molecule is Cc1cccc(C(=O)N2CCC[C@@H](c3nnc(CN(C)C)n3C)C2)c1O. The molecule has 0 aliphatic carbocycles. The van der Waals surface area contributed by atoms with Crippen LogP contribution in [0.3, 0.4) is 0 Å². The number of benzene rings is 1. The lowest BCUT2D eigenvalue weighted by Gasteiger charge is -2.32. The Morgan fingerprint density at radius 3 is 2.85 bits per heavy atom. The van der Waals surface area contributed by atoms with Crippen LogP contribution in [0.4, 0.5) is 0 Å². The van der Waals surface area contributed by atoms with E-state index >= 15 is 0 Å². The quantitative estimate of drug-likeness (QED) is 0.905. The fourth-order valence-electron chi connectivity index (χ4n) is 3.53. The van der Waals surface area contributed by atoms with Crippen LogP contribution in [0.5, 0.6) is 5.75 Å². The molecule has 0 spiro atoms. The van der Waals surface area contributed by atoms with Gasteiger partial charge in [0.25, 0.3) is 5.91 Å². The summed E-state index contributed by atoms with van der Waals surface area (Å²) in [6, 6.07) is 5.29. The highest BCUT2D eigenvalue weighted by Crippen LogP contribution is 2.29. The summed E-state index contributed by atoms with van der Waals surface area (Å²) in [5, 5.41) is 18.9. The summed E-state index contributed by atoms with van der Waals surface area (Å²) >= 11 is 0. The summed E-state index contributed by atoms with van der Waals surface area (Å²) in [6.07, 6.45) is 1.90. The molecule has 1 amide bonds. The third-order valence-electron chi connectivity index (χ3n) is 5.00. The normalized spacial score (nSPS) is 17.7. The first-order valence-electron chi connectivity index (χ1n) is 8.99. The topological polar surface area (TPSA) is 74.5 Å². The van der Waals surface area contributed by atoms with Gasteiger partial charge in [0.05, 0.1) is 12.1 Å². The maximum Gasteiger partial charge on any atom is 0.257 e. The van der Waals surface area contributed by atoms with E-state index in [2.05, 4.69) is 15.1 Å². The largest absolute Gasteiger partial charge is 0.507 e. The van der Waals surface area contributed by atoms with Gasteiger partial charge in [-0.25, -0.2) is 0 Å².